The number of rotatable bonds is 4. The van der Waals surface area contributed by atoms with Gasteiger partial charge in [-0.05, 0) is 43.4 Å². The van der Waals surface area contributed by atoms with Gasteiger partial charge in [0.15, 0.2) is 6.61 Å². The second-order valence-corrected chi connectivity index (χ2v) is 5.29. The van der Waals surface area contributed by atoms with E-state index in [1.165, 1.54) is 0 Å². The van der Waals surface area contributed by atoms with Gasteiger partial charge in [-0.25, -0.2) is 0 Å². The highest BCUT2D eigenvalue weighted by molar-refractivity contribution is 5.93. The number of carbonyl (C=O) groups is 2. The van der Waals surface area contributed by atoms with Crippen LogP contribution in [-0.2, 0) is 14.3 Å². The normalized spacial score (nSPS) is 20.8. The molecule has 1 fully saturated rings. The van der Waals surface area contributed by atoms with E-state index in [0.717, 1.165) is 23.2 Å². The van der Waals surface area contributed by atoms with E-state index >= 15 is 0 Å². The zero-order valence-corrected chi connectivity index (χ0v) is 11.5. The molecular formula is C15H19NO3. The second kappa shape index (κ2) is 5.43. The lowest BCUT2D eigenvalue weighted by Crippen LogP contribution is -2.22. The number of esters is 1. The van der Waals surface area contributed by atoms with Crippen molar-refractivity contribution in [3.05, 3.63) is 29.3 Å². The molecule has 1 N–H and O–H groups in total. The smallest absolute Gasteiger partial charge is 0.309 e. The van der Waals surface area contributed by atoms with Crippen LogP contribution in [-0.4, -0.2) is 18.5 Å². The molecule has 102 valence electrons. The van der Waals surface area contributed by atoms with Gasteiger partial charge in [-0.1, -0.05) is 19.1 Å². The molecule has 19 heavy (non-hydrogen) atoms. The quantitative estimate of drug-likeness (QED) is 0.847. The first-order valence-corrected chi connectivity index (χ1v) is 6.51. The van der Waals surface area contributed by atoms with Crippen molar-refractivity contribution in [3.63, 3.8) is 0 Å². The Morgan fingerprint density at radius 2 is 2.05 bits per heavy atom. The summed E-state index contributed by atoms with van der Waals surface area (Å²) in [7, 11) is 0. The fourth-order valence-electron chi connectivity index (χ4n) is 1.95. The predicted molar refractivity (Wildman–Crippen MR) is 72.8 cm³/mol. The molecule has 0 spiro atoms. The molecule has 1 aliphatic carbocycles. The maximum atomic E-state index is 11.7. The lowest BCUT2D eigenvalue weighted by molar-refractivity contribution is -0.148. The molecule has 0 radical (unpaired) electrons. The standard InChI is InChI=1S/C15H19NO3/c1-9-4-5-10(2)13(6-9)16-14(17)8-19-15(18)12-7-11(12)3/h4-6,11-12H,7-8H2,1-3H3,(H,16,17)/t11-,12-/m0/s1. The number of ether oxygens (including phenoxy) is 1. The summed E-state index contributed by atoms with van der Waals surface area (Å²) in [6.07, 6.45) is 0.872. The van der Waals surface area contributed by atoms with Crippen LogP contribution < -0.4 is 5.32 Å². The largest absolute Gasteiger partial charge is 0.455 e. The Hall–Kier alpha value is -1.84. The summed E-state index contributed by atoms with van der Waals surface area (Å²) in [4.78, 5) is 23.2. The summed E-state index contributed by atoms with van der Waals surface area (Å²) in [6, 6.07) is 5.83. The summed E-state index contributed by atoms with van der Waals surface area (Å²) in [5.74, 6) is -0.165. The number of hydrogen-bond acceptors (Lipinski definition) is 3. The van der Waals surface area contributed by atoms with E-state index in [1.54, 1.807) is 0 Å². The Morgan fingerprint density at radius 3 is 2.68 bits per heavy atom. The van der Waals surface area contributed by atoms with Crippen LogP contribution in [0, 0.1) is 25.7 Å². The monoisotopic (exact) mass is 261 g/mol. The van der Waals surface area contributed by atoms with Crippen molar-refractivity contribution in [2.24, 2.45) is 11.8 Å². The highest BCUT2D eigenvalue weighted by Gasteiger charge is 2.40. The first-order chi connectivity index (χ1) is 8.97. The van der Waals surface area contributed by atoms with Crippen LogP contribution in [0.1, 0.15) is 24.5 Å². The van der Waals surface area contributed by atoms with Gasteiger partial charge in [0.25, 0.3) is 5.91 Å². The van der Waals surface area contributed by atoms with Crippen molar-refractivity contribution in [3.8, 4) is 0 Å². The molecule has 1 aliphatic rings. The minimum absolute atomic E-state index is 0.00601. The zero-order valence-electron chi connectivity index (χ0n) is 11.5. The van der Waals surface area contributed by atoms with Gasteiger partial charge in [0.05, 0.1) is 5.92 Å². The first-order valence-electron chi connectivity index (χ1n) is 6.51. The van der Waals surface area contributed by atoms with Crippen molar-refractivity contribution in [1.82, 2.24) is 0 Å². The third-order valence-electron chi connectivity index (χ3n) is 3.42. The minimum Gasteiger partial charge on any atom is -0.455 e. The molecule has 1 amide bonds. The SMILES string of the molecule is Cc1ccc(C)c(NC(=O)COC(=O)[C@H]2C[C@@H]2C)c1. The van der Waals surface area contributed by atoms with Gasteiger partial charge in [-0.2, -0.15) is 0 Å². The van der Waals surface area contributed by atoms with Gasteiger partial charge in [0.1, 0.15) is 0 Å². The summed E-state index contributed by atoms with van der Waals surface area (Å²) >= 11 is 0. The lowest BCUT2D eigenvalue weighted by atomic mass is 10.1. The Bertz CT molecular complexity index is 510. The van der Waals surface area contributed by atoms with Crippen molar-refractivity contribution >= 4 is 17.6 Å². The van der Waals surface area contributed by atoms with Crippen LogP contribution in [0.15, 0.2) is 18.2 Å². The van der Waals surface area contributed by atoms with E-state index in [-0.39, 0.29) is 24.4 Å². The molecule has 0 unspecified atom stereocenters. The molecule has 0 aliphatic heterocycles. The number of benzene rings is 1. The molecule has 0 saturated heterocycles. The van der Waals surface area contributed by atoms with E-state index in [0.29, 0.717) is 5.92 Å². The highest BCUT2D eigenvalue weighted by Crippen LogP contribution is 2.38. The summed E-state index contributed by atoms with van der Waals surface area (Å²) in [6.45, 7) is 5.67. The van der Waals surface area contributed by atoms with E-state index in [9.17, 15) is 9.59 Å². The number of carbonyl (C=O) groups excluding carboxylic acids is 2. The van der Waals surface area contributed by atoms with E-state index in [2.05, 4.69) is 5.32 Å². The topological polar surface area (TPSA) is 55.4 Å². The predicted octanol–water partition coefficient (Wildman–Crippen LogP) is 2.44. The Morgan fingerprint density at radius 1 is 1.37 bits per heavy atom. The first kappa shape index (κ1) is 13.6. The fourth-order valence-corrected chi connectivity index (χ4v) is 1.95. The maximum absolute atomic E-state index is 11.7. The van der Waals surface area contributed by atoms with Crippen molar-refractivity contribution in [1.29, 1.82) is 0 Å². The molecular weight excluding hydrogens is 242 g/mol. The average Bonchev–Trinajstić information content (AvgIpc) is 3.08. The average molecular weight is 261 g/mol. The van der Waals surface area contributed by atoms with Crippen molar-refractivity contribution in [2.75, 3.05) is 11.9 Å². The number of hydrogen-bond donors (Lipinski definition) is 1. The molecule has 2 rings (SSSR count). The molecule has 4 nitrogen and oxygen atoms in total. The lowest BCUT2D eigenvalue weighted by Gasteiger charge is -2.09. The van der Waals surface area contributed by atoms with Gasteiger partial charge < -0.3 is 10.1 Å². The number of amides is 1. The van der Waals surface area contributed by atoms with Crippen molar-refractivity contribution < 1.29 is 14.3 Å². The van der Waals surface area contributed by atoms with Crippen LogP contribution in [0.5, 0.6) is 0 Å². The number of nitrogens with one attached hydrogen (secondary N) is 1. The molecule has 1 saturated carbocycles. The minimum atomic E-state index is -0.296. The molecule has 1 aromatic rings. The number of anilines is 1. The molecule has 4 heteroatoms. The Balaban J connectivity index is 1.84. The van der Waals surface area contributed by atoms with E-state index in [1.807, 2.05) is 39.0 Å². The third kappa shape index (κ3) is 3.56. The maximum Gasteiger partial charge on any atom is 0.309 e. The molecule has 0 aromatic heterocycles. The zero-order chi connectivity index (χ0) is 14.0. The summed E-state index contributed by atoms with van der Waals surface area (Å²) < 4.78 is 4.99. The van der Waals surface area contributed by atoms with E-state index in [4.69, 9.17) is 4.74 Å². The summed E-state index contributed by atoms with van der Waals surface area (Å²) in [5, 5.41) is 2.76. The summed E-state index contributed by atoms with van der Waals surface area (Å²) in [5.41, 5.74) is 2.83. The van der Waals surface area contributed by atoms with Crippen LogP contribution >= 0.6 is 0 Å². The van der Waals surface area contributed by atoms with Crippen LogP contribution in [0.2, 0.25) is 0 Å². The molecule has 0 heterocycles. The van der Waals surface area contributed by atoms with Gasteiger partial charge in [-0.3, -0.25) is 9.59 Å². The Labute approximate surface area is 113 Å². The van der Waals surface area contributed by atoms with Crippen molar-refractivity contribution in [2.45, 2.75) is 27.2 Å². The molecule has 2 atom stereocenters. The Kier molecular flexibility index (Phi) is 3.88. The third-order valence-corrected chi connectivity index (χ3v) is 3.42. The molecule has 0 bridgehead atoms. The van der Waals surface area contributed by atoms with Gasteiger partial charge in [-0.15, -0.1) is 0 Å². The van der Waals surface area contributed by atoms with Gasteiger partial charge in [0.2, 0.25) is 0 Å². The van der Waals surface area contributed by atoms with Crippen LogP contribution in [0.25, 0.3) is 0 Å². The van der Waals surface area contributed by atoms with Crippen LogP contribution in [0.3, 0.4) is 0 Å². The second-order valence-electron chi connectivity index (χ2n) is 5.29. The van der Waals surface area contributed by atoms with E-state index < -0.39 is 0 Å². The van der Waals surface area contributed by atoms with Crippen LogP contribution in [0.4, 0.5) is 5.69 Å². The fraction of sp³-hybridized carbons (Fsp3) is 0.467. The van der Waals surface area contributed by atoms with Gasteiger partial charge >= 0.3 is 5.97 Å². The molecule has 1 aromatic carbocycles. The highest BCUT2D eigenvalue weighted by atomic mass is 16.5. The number of aryl methyl sites for hydroxylation is 2. The van der Waals surface area contributed by atoms with Gasteiger partial charge in [0, 0.05) is 5.69 Å².